The minimum atomic E-state index is -0.800. The smallest absolute Gasteiger partial charge is 0.339 e. The van der Waals surface area contributed by atoms with Crippen LogP contribution in [0, 0.1) is 22.1 Å². The van der Waals surface area contributed by atoms with Crippen molar-refractivity contribution in [1.29, 1.82) is 0 Å². The molecule has 2 aromatic rings. The van der Waals surface area contributed by atoms with Gasteiger partial charge in [0.25, 0.3) is 0 Å². The summed E-state index contributed by atoms with van der Waals surface area (Å²) in [6.45, 7) is 2.88. The molecule has 0 spiro atoms. The molecule has 138 valence electrons. The second-order valence-electron chi connectivity index (χ2n) is 5.51. The lowest BCUT2D eigenvalue weighted by atomic mass is 10.1. The standard InChI is InChI=1S/C17H15F2IN2O4/c1-7-14(17(25)26-3)12(22-16(7)8(2)23)6-13(24)21-9-4-10(18)15(20)11(19)5-9/h4-5,22H,6H2,1-3H3,(H,21,24). The summed E-state index contributed by atoms with van der Waals surface area (Å²) in [5.74, 6) is -3.22. The van der Waals surface area contributed by atoms with E-state index in [1.54, 1.807) is 6.92 Å². The van der Waals surface area contributed by atoms with Gasteiger partial charge >= 0.3 is 5.97 Å². The highest BCUT2D eigenvalue weighted by atomic mass is 127. The van der Waals surface area contributed by atoms with Crippen molar-refractivity contribution >= 4 is 45.9 Å². The van der Waals surface area contributed by atoms with Gasteiger partial charge in [-0.2, -0.15) is 0 Å². The fourth-order valence-electron chi connectivity index (χ4n) is 2.51. The number of nitrogens with one attached hydrogen (secondary N) is 2. The molecule has 0 bridgehead atoms. The van der Waals surface area contributed by atoms with E-state index in [0.29, 0.717) is 5.56 Å². The Hall–Kier alpha value is -2.30. The molecule has 1 heterocycles. The van der Waals surface area contributed by atoms with Crippen LogP contribution in [0.5, 0.6) is 0 Å². The Morgan fingerprint density at radius 2 is 1.81 bits per heavy atom. The molecule has 0 unspecified atom stereocenters. The van der Waals surface area contributed by atoms with Crippen molar-refractivity contribution in [3.8, 4) is 0 Å². The molecular weight excluding hydrogens is 461 g/mol. The van der Waals surface area contributed by atoms with Crippen LogP contribution in [0.15, 0.2) is 12.1 Å². The van der Waals surface area contributed by atoms with Gasteiger partial charge in [0.05, 0.1) is 28.4 Å². The topological polar surface area (TPSA) is 88.3 Å². The van der Waals surface area contributed by atoms with E-state index in [9.17, 15) is 23.2 Å². The number of aromatic amines is 1. The van der Waals surface area contributed by atoms with Crippen molar-refractivity contribution in [2.45, 2.75) is 20.3 Å². The average Bonchev–Trinajstić information content (AvgIpc) is 2.88. The summed E-state index contributed by atoms with van der Waals surface area (Å²) in [4.78, 5) is 38.6. The van der Waals surface area contributed by atoms with Crippen molar-refractivity contribution in [3.05, 3.63) is 49.9 Å². The molecule has 1 amide bonds. The van der Waals surface area contributed by atoms with Crippen molar-refractivity contribution in [1.82, 2.24) is 4.98 Å². The van der Waals surface area contributed by atoms with Gasteiger partial charge in [-0.1, -0.05) is 0 Å². The largest absolute Gasteiger partial charge is 0.465 e. The highest BCUT2D eigenvalue weighted by Gasteiger charge is 2.24. The summed E-state index contributed by atoms with van der Waals surface area (Å²) in [5, 5.41) is 2.36. The number of anilines is 1. The molecule has 0 aliphatic heterocycles. The number of Topliss-reactive ketones (excluding diaryl/α,β-unsaturated/α-hetero) is 1. The molecule has 1 aromatic carbocycles. The number of H-pyrrole nitrogens is 1. The Morgan fingerprint density at radius 3 is 2.31 bits per heavy atom. The number of carbonyl (C=O) groups is 3. The summed E-state index contributed by atoms with van der Waals surface area (Å²) >= 11 is 1.51. The quantitative estimate of drug-likeness (QED) is 0.300. The second kappa shape index (κ2) is 7.94. The molecule has 9 heteroatoms. The maximum atomic E-state index is 13.6. The Kier molecular flexibility index (Phi) is 6.11. The summed E-state index contributed by atoms with van der Waals surface area (Å²) in [7, 11) is 1.18. The van der Waals surface area contributed by atoms with Crippen molar-refractivity contribution in [3.63, 3.8) is 0 Å². The molecule has 6 nitrogen and oxygen atoms in total. The fourth-order valence-corrected chi connectivity index (χ4v) is 2.83. The number of aromatic nitrogens is 1. The molecule has 1 aromatic heterocycles. The van der Waals surface area contributed by atoms with E-state index < -0.39 is 23.5 Å². The number of halogens is 3. The predicted molar refractivity (Wildman–Crippen MR) is 98.3 cm³/mol. The molecule has 0 saturated carbocycles. The van der Waals surface area contributed by atoms with Gasteiger partial charge in [0.2, 0.25) is 5.91 Å². The minimum absolute atomic E-state index is 0.0555. The fraction of sp³-hybridized carbons (Fsp3) is 0.235. The van der Waals surface area contributed by atoms with E-state index in [4.69, 9.17) is 4.74 Å². The average molecular weight is 476 g/mol. The predicted octanol–water partition coefficient (Wildman–Crippen LogP) is 3.38. The highest BCUT2D eigenvalue weighted by Crippen LogP contribution is 2.23. The lowest BCUT2D eigenvalue weighted by Gasteiger charge is -2.07. The number of amides is 1. The third-order valence-corrected chi connectivity index (χ3v) is 4.70. The summed E-state index contributed by atoms with van der Waals surface area (Å²) < 4.78 is 31.7. The van der Waals surface area contributed by atoms with Crippen LogP contribution in [-0.4, -0.2) is 29.8 Å². The molecule has 0 aliphatic carbocycles. The SMILES string of the molecule is COC(=O)c1c(CC(=O)Nc2cc(F)c(I)c(F)c2)[nH]c(C(C)=O)c1C. The Morgan fingerprint density at radius 1 is 1.23 bits per heavy atom. The van der Waals surface area contributed by atoms with Crippen LogP contribution in [0.3, 0.4) is 0 Å². The minimum Gasteiger partial charge on any atom is -0.465 e. The van der Waals surface area contributed by atoms with Gasteiger partial charge < -0.3 is 15.0 Å². The van der Waals surface area contributed by atoms with Crippen LogP contribution < -0.4 is 5.32 Å². The van der Waals surface area contributed by atoms with E-state index in [1.165, 1.54) is 36.6 Å². The zero-order valence-corrected chi connectivity index (χ0v) is 16.3. The Bertz CT molecular complexity index is 885. The number of methoxy groups -OCH3 is 1. The number of hydrogen-bond donors (Lipinski definition) is 2. The third kappa shape index (κ3) is 4.09. The summed E-state index contributed by atoms with van der Waals surface area (Å²) in [6, 6.07) is 1.98. The van der Waals surface area contributed by atoms with Crippen LogP contribution in [0.25, 0.3) is 0 Å². The molecule has 2 rings (SSSR count). The molecule has 0 radical (unpaired) electrons. The van der Waals surface area contributed by atoms with Gasteiger partial charge in [-0.3, -0.25) is 9.59 Å². The van der Waals surface area contributed by atoms with Crippen LogP contribution >= 0.6 is 22.6 Å². The molecule has 0 aliphatic rings. The first-order valence-corrected chi connectivity index (χ1v) is 8.48. The molecule has 2 N–H and O–H groups in total. The molecule has 0 fully saturated rings. The molecule has 0 atom stereocenters. The summed E-state index contributed by atoms with van der Waals surface area (Å²) in [6.07, 6.45) is -0.312. The maximum Gasteiger partial charge on any atom is 0.339 e. The molecule has 0 saturated heterocycles. The first-order chi connectivity index (χ1) is 12.1. The monoisotopic (exact) mass is 476 g/mol. The lowest BCUT2D eigenvalue weighted by Crippen LogP contribution is -2.17. The lowest BCUT2D eigenvalue weighted by molar-refractivity contribution is -0.115. The van der Waals surface area contributed by atoms with E-state index >= 15 is 0 Å². The molecule has 26 heavy (non-hydrogen) atoms. The van der Waals surface area contributed by atoms with Gasteiger partial charge in [-0.25, -0.2) is 13.6 Å². The first-order valence-electron chi connectivity index (χ1n) is 7.40. The zero-order chi connectivity index (χ0) is 19.6. The Balaban J connectivity index is 2.30. The van der Waals surface area contributed by atoms with Gasteiger partial charge in [-0.15, -0.1) is 0 Å². The summed E-state index contributed by atoms with van der Waals surface area (Å²) in [5.41, 5.74) is 0.787. The second-order valence-corrected chi connectivity index (χ2v) is 6.58. The normalized spacial score (nSPS) is 10.5. The van der Waals surface area contributed by atoms with Gasteiger partial charge in [0.1, 0.15) is 11.6 Å². The van der Waals surface area contributed by atoms with E-state index in [1.807, 2.05) is 0 Å². The van der Waals surface area contributed by atoms with Crippen LogP contribution in [0.1, 0.15) is 39.0 Å². The number of ether oxygens (including phenoxy) is 1. The van der Waals surface area contributed by atoms with E-state index in [0.717, 1.165) is 12.1 Å². The highest BCUT2D eigenvalue weighted by molar-refractivity contribution is 14.1. The number of rotatable bonds is 5. The van der Waals surface area contributed by atoms with E-state index in [-0.39, 0.29) is 38.4 Å². The number of carbonyl (C=O) groups excluding carboxylic acids is 3. The maximum absolute atomic E-state index is 13.6. The Labute approximate surface area is 161 Å². The van der Waals surface area contributed by atoms with Gasteiger partial charge in [0, 0.05) is 18.3 Å². The third-order valence-electron chi connectivity index (χ3n) is 3.67. The number of benzene rings is 1. The van der Waals surface area contributed by atoms with Crippen LogP contribution in [-0.2, 0) is 16.0 Å². The van der Waals surface area contributed by atoms with Crippen LogP contribution in [0.2, 0.25) is 0 Å². The zero-order valence-electron chi connectivity index (χ0n) is 14.1. The van der Waals surface area contributed by atoms with E-state index in [2.05, 4.69) is 10.3 Å². The van der Waals surface area contributed by atoms with Gasteiger partial charge in [-0.05, 0) is 47.2 Å². The molecular formula is C17H15F2IN2O4. The van der Waals surface area contributed by atoms with Crippen molar-refractivity contribution in [2.24, 2.45) is 0 Å². The van der Waals surface area contributed by atoms with Crippen LogP contribution in [0.4, 0.5) is 14.5 Å². The van der Waals surface area contributed by atoms with Crippen molar-refractivity contribution in [2.75, 3.05) is 12.4 Å². The number of ketones is 1. The van der Waals surface area contributed by atoms with Crippen molar-refractivity contribution < 1.29 is 27.9 Å². The van der Waals surface area contributed by atoms with Gasteiger partial charge in [0.15, 0.2) is 5.78 Å². The number of esters is 1. The number of hydrogen-bond acceptors (Lipinski definition) is 4. The first kappa shape index (κ1) is 20.0.